The summed E-state index contributed by atoms with van der Waals surface area (Å²) < 4.78 is 79.7. The number of benzene rings is 2. The van der Waals surface area contributed by atoms with Crippen molar-refractivity contribution in [3.05, 3.63) is 88.6 Å². The molecule has 0 spiro atoms. The summed E-state index contributed by atoms with van der Waals surface area (Å²) in [5.74, 6) is -0.0520. The van der Waals surface area contributed by atoms with Gasteiger partial charge in [-0.1, -0.05) is 18.7 Å². The molecule has 0 heterocycles. The third-order valence-electron chi connectivity index (χ3n) is 4.23. The molecular weight excluding hydrogens is 422 g/mol. The van der Waals surface area contributed by atoms with Crippen LogP contribution in [0.5, 0.6) is 5.75 Å². The fraction of sp³-hybridized carbons (Fsp3) is 0.136. The topological polar surface area (TPSA) is 70.0 Å². The number of rotatable bonds is 4. The van der Waals surface area contributed by atoms with Crippen LogP contribution < -0.4 is 5.73 Å². The maximum Gasteiger partial charge on any atom is 0.416 e. The van der Waals surface area contributed by atoms with Crippen molar-refractivity contribution in [2.75, 3.05) is 0 Å². The van der Waals surface area contributed by atoms with Crippen molar-refractivity contribution in [2.45, 2.75) is 19.3 Å². The summed E-state index contributed by atoms with van der Waals surface area (Å²) in [6, 6.07) is 8.32. The van der Waals surface area contributed by atoms with Gasteiger partial charge < -0.3 is 10.8 Å². The zero-order valence-electron chi connectivity index (χ0n) is 16.1. The molecule has 3 nitrogen and oxygen atoms in total. The first kappa shape index (κ1) is 23.6. The van der Waals surface area contributed by atoms with Crippen LogP contribution in [-0.2, 0) is 12.4 Å². The predicted molar refractivity (Wildman–Crippen MR) is 104 cm³/mol. The zero-order chi connectivity index (χ0) is 23.6. The summed E-state index contributed by atoms with van der Waals surface area (Å²) in [6.45, 7) is 5.06. The van der Waals surface area contributed by atoms with Gasteiger partial charge in [-0.3, -0.25) is 0 Å². The van der Waals surface area contributed by atoms with Crippen LogP contribution in [0.4, 0.5) is 26.3 Å². The Kier molecular flexibility index (Phi) is 6.55. The standard InChI is InChI=1S/C22H16F6N2O/c1-12(14-3-5-18(31)6-4-14)7-19(20(11-29)13(2)30)15-8-16(21(23,24)25)10-17(9-15)22(26,27)28/h3-10,31H,1,30H2,2H3/b19-7-,20-13-. The first-order valence-electron chi connectivity index (χ1n) is 8.60. The minimum Gasteiger partial charge on any atom is -0.508 e. The molecular formula is C22H16F6N2O. The molecule has 3 N–H and O–H groups in total. The average molecular weight is 438 g/mol. The van der Waals surface area contributed by atoms with E-state index in [2.05, 4.69) is 6.58 Å². The Morgan fingerprint density at radius 3 is 1.84 bits per heavy atom. The second-order valence-corrected chi connectivity index (χ2v) is 6.59. The minimum atomic E-state index is -5.05. The van der Waals surface area contributed by atoms with Crippen LogP contribution in [0.3, 0.4) is 0 Å². The van der Waals surface area contributed by atoms with Gasteiger partial charge in [-0.2, -0.15) is 31.6 Å². The van der Waals surface area contributed by atoms with Gasteiger partial charge in [0.15, 0.2) is 0 Å². The van der Waals surface area contributed by atoms with Crippen molar-refractivity contribution in [1.29, 1.82) is 5.26 Å². The van der Waals surface area contributed by atoms with E-state index in [9.17, 15) is 36.7 Å². The van der Waals surface area contributed by atoms with Crippen molar-refractivity contribution in [2.24, 2.45) is 5.73 Å². The summed E-state index contributed by atoms with van der Waals surface area (Å²) in [4.78, 5) is 0. The number of nitrogens with zero attached hydrogens (tertiary/aromatic N) is 1. The van der Waals surface area contributed by atoms with E-state index in [0.29, 0.717) is 17.7 Å². The average Bonchev–Trinajstić information content (AvgIpc) is 2.66. The van der Waals surface area contributed by atoms with Crippen LogP contribution in [0.2, 0.25) is 0 Å². The molecule has 0 saturated carbocycles. The highest BCUT2D eigenvalue weighted by atomic mass is 19.4. The van der Waals surface area contributed by atoms with E-state index in [1.54, 1.807) is 6.07 Å². The van der Waals surface area contributed by atoms with Crippen LogP contribution in [0.25, 0.3) is 11.1 Å². The Morgan fingerprint density at radius 1 is 0.968 bits per heavy atom. The molecule has 162 valence electrons. The lowest BCUT2D eigenvalue weighted by Crippen LogP contribution is -2.12. The number of allylic oxidation sites excluding steroid dienone is 5. The first-order valence-corrected chi connectivity index (χ1v) is 8.60. The zero-order valence-corrected chi connectivity index (χ0v) is 16.1. The van der Waals surface area contributed by atoms with Gasteiger partial charge in [-0.25, -0.2) is 0 Å². The van der Waals surface area contributed by atoms with Crippen molar-refractivity contribution in [1.82, 2.24) is 0 Å². The van der Waals surface area contributed by atoms with E-state index in [0.717, 1.165) is 0 Å². The molecule has 0 fully saturated rings. The van der Waals surface area contributed by atoms with Gasteiger partial charge in [0, 0.05) is 11.3 Å². The summed E-state index contributed by atoms with van der Waals surface area (Å²) in [5.41, 5.74) is 2.08. The van der Waals surface area contributed by atoms with Crippen LogP contribution in [-0.4, -0.2) is 5.11 Å². The number of alkyl halides is 6. The second-order valence-electron chi connectivity index (χ2n) is 6.59. The lowest BCUT2D eigenvalue weighted by Gasteiger charge is -2.17. The molecule has 0 saturated heterocycles. The lowest BCUT2D eigenvalue weighted by atomic mass is 9.91. The molecule has 0 amide bonds. The molecule has 0 aromatic heterocycles. The third-order valence-corrected chi connectivity index (χ3v) is 4.23. The highest BCUT2D eigenvalue weighted by Crippen LogP contribution is 2.39. The van der Waals surface area contributed by atoms with Crippen LogP contribution in [0, 0.1) is 11.3 Å². The van der Waals surface area contributed by atoms with E-state index in [1.807, 2.05) is 0 Å². The van der Waals surface area contributed by atoms with E-state index in [1.165, 1.54) is 37.3 Å². The first-order chi connectivity index (χ1) is 14.2. The molecule has 0 aliphatic carbocycles. The van der Waals surface area contributed by atoms with Gasteiger partial charge >= 0.3 is 12.4 Å². The van der Waals surface area contributed by atoms with Gasteiger partial charge in [0.2, 0.25) is 0 Å². The van der Waals surface area contributed by atoms with Gasteiger partial charge in [0.25, 0.3) is 0 Å². The SMILES string of the molecule is C=C(/C=C(\C(C#N)=C(\C)N)c1cc(C(F)(F)F)cc(C(F)(F)F)c1)c1ccc(O)cc1. The molecule has 0 atom stereocenters. The Labute approximate surface area is 174 Å². The maximum atomic E-state index is 13.3. The van der Waals surface area contributed by atoms with Crippen molar-refractivity contribution in [3.8, 4) is 11.8 Å². The minimum absolute atomic E-state index is 0.000971. The third kappa shape index (κ3) is 5.69. The fourth-order valence-electron chi connectivity index (χ4n) is 2.70. The molecule has 2 aromatic carbocycles. The molecule has 0 unspecified atom stereocenters. The maximum absolute atomic E-state index is 13.3. The number of halogens is 6. The van der Waals surface area contributed by atoms with Crippen LogP contribution in [0.15, 0.2) is 66.4 Å². The van der Waals surface area contributed by atoms with Crippen molar-refractivity contribution in [3.63, 3.8) is 0 Å². The number of phenols is 1. The number of phenolic OH excluding ortho intramolecular Hbond substituents is 1. The normalized spacial score (nSPS) is 13.4. The van der Waals surface area contributed by atoms with E-state index >= 15 is 0 Å². The van der Waals surface area contributed by atoms with Crippen molar-refractivity contribution >= 4 is 11.1 Å². The van der Waals surface area contributed by atoms with Crippen molar-refractivity contribution < 1.29 is 31.4 Å². The monoisotopic (exact) mass is 438 g/mol. The van der Waals surface area contributed by atoms with E-state index < -0.39 is 29.0 Å². The number of aromatic hydroxyl groups is 1. The van der Waals surface area contributed by atoms with Gasteiger partial charge in [-0.15, -0.1) is 0 Å². The smallest absolute Gasteiger partial charge is 0.416 e. The Balaban J connectivity index is 2.81. The summed E-state index contributed by atoms with van der Waals surface area (Å²) in [7, 11) is 0. The summed E-state index contributed by atoms with van der Waals surface area (Å²) in [6.07, 6.45) is -8.93. The van der Waals surface area contributed by atoms with Gasteiger partial charge in [-0.05, 0) is 60.0 Å². The summed E-state index contributed by atoms with van der Waals surface area (Å²) in [5, 5.41) is 18.9. The second kappa shape index (κ2) is 8.60. The van der Waals surface area contributed by atoms with E-state index in [4.69, 9.17) is 5.73 Å². The predicted octanol–water partition coefficient (Wildman–Crippen LogP) is 6.28. The fourth-order valence-corrected chi connectivity index (χ4v) is 2.70. The number of nitrogens with two attached hydrogens (primary N) is 1. The number of hydrogen-bond donors (Lipinski definition) is 2. The number of hydrogen-bond acceptors (Lipinski definition) is 3. The molecule has 31 heavy (non-hydrogen) atoms. The molecule has 9 heteroatoms. The quantitative estimate of drug-likeness (QED) is 0.335. The van der Waals surface area contributed by atoms with E-state index in [-0.39, 0.29) is 34.2 Å². The molecule has 0 aliphatic heterocycles. The molecule has 0 aliphatic rings. The highest BCUT2D eigenvalue weighted by molar-refractivity contribution is 5.92. The Bertz CT molecular complexity index is 1060. The largest absolute Gasteiger partial charge is 0.508 e. The Hall–Kier alpha value is -3.67. The van der Waals surface area contributed by atoms with Gasteiger partial charge in [0.1, 0.15) is 11.8 Å². The molecule has 0 bridgehead atoms. The Morgan fingerprint density at radius 2 is 1.45 bits per heavy atom. The summed E-state index contributed by atoms with van der Waals surface area (Å²) >= 11 is 0. The number of nitriles is 1. The molecule has 2 aromatic rings. The molecule has 0 radical (unpaired) electrons. The molecule has 2 rings (SSSR count). The highest BCUT2D eigenvalue weighted by Gasteiger charge is 2.37. The van der Waals surface area contributed by atoms with Gasteiger partial charge in [0.05, 0.1) is 16.7 Å². The van der Waals surface area contributed by atoms with Crippen LogP contribution >= 0.6 is 0 Å². The van der Waals surface area contributed by atoms with Crippen LogP contribution in [0.1, 0.15) is 29.2 Å². The lowest BCUT2D eigenvalue weighted by molar-refractivity contribution is -0.143.